The maximum atomic E-state index is 12.5. The number of carbonyl (C=O) groups excluding carboxylic acids is 1. The number of rotatable bonds is 5. The number of fused-ring (bicyclic) bond motifs is 1. The molecule has 0 aliphatic carbocycles. The molecule has 0 aromatic carbocycles. The fraction of sp³-hybridized carbons (Fsp3) is 0.438. The number of hydrogen-bond donors (Lipinski definition) is 0. The monoisotopic (exact) mass is 317 g/mol. The van der Waals surface area contributed by atoms with Crippen molar-refractivity contribution >= 4 is 27.5 Å². The van der Waals surface area contributed by atoms with E-state index in [-0.39, 0.29) is 24.1 Å². The van der Waals surface area contributed by atoms with Crippen molar-refractivity contribution in [1.82, 2.24) is 14.5 Å². The first kappa shape index (κ1) is 15.0. The zero-order valence-corrected chi connectivity index (χ0v) is 13.4. The van der Waals surface area contributed by atoms with E-state index in [2.05, 4.69) is 18.0 Å². The first-order valence-corrected chi connectivity index (χ1v) is 8.47. The first-order chi connectivity index (χ1) is 10.7. The van der Waals surface area contributed by atoms with Crippen LogP contribution in [-0.2, 0) is 11.3 Å². The number of amides is 1. The normalized spacial score (nSPS) is 17.5. The van der Waals surface area contributed by atoms with Crippen LogP contribution in [0.4, 0.5) is 0 Å². The third-order valence-corrected chi connectivity index (χ3v) is 4.87. The second-order valence-corrected chi connectivity index (χ2v) is 6.41. The Labute approximate surface area is 132 Å². The van der Waals surface area contributed by atoms with E-state index < -0.39 is 0 Å². The third kappa shape index (κ3) is 2.83. The zero-order chi connectivity index (χ0) is 15.5. The van der Waals surface area contributed by atoms with E-state index in [4.69, 9.17) is 0 Å². The van der Waals surface area contributed by atoms with Gasteiger partial charge in [0, 0.05) is 6.54 Å². The molecule has 6 heteroatoms. The van der Waals surface area contributed by atoms with Gasteiger partial charge in [-0.2, -0.15) is 0 Å². The van der Waals surface area contributed by atoms with Crippen LogP contribution in [0.3, 0.4) is 0 Å². The average molecular weight is 317 g/mol. The standard InChI is InChI=1S/C16H19N3O2S/c1-2-3-5-12-6-4-8-19(12)14(20)10-18-11-17-13-7-9-22-15(13)16(18)21/h4,6-7,9,11-12H,2-3,5,8,10H2,1H3. The third-order valence-electron chi connectivity index (χ3n) is 3.98. The van der Waals surface area contributed by atoms with Crippen LogP contribution in [0.2, 0.25) is 0 Å². The van der Waals surface area contributed by atoms with Gasteiger partial charge < -0.3 is 4.90 Å². The van der Waals surface area contributed by atoms with Gasteiger partial charge in [0.25, 0.3) is 5.56 Å². The molecule has 0 saturated heterocycles. The number of nitrogens with zero attached hydrogens (tertiary/aromatic N) is 3. The van der Waals surface area contributed by atoms with Crippen molar-refractivity contribution in [1.29, 1.82) is 0 Å². The highest BCUT2D eigenvalue weighted by atomic mass is 32.1. The lowest BCUT2D eigenvalue weighted by Crippen LogP contribution is -2.40. The molecule has 1 unspecified atom stereocenters. The molecule has 2 aromatic heterocycles. The molecule has 1 aliphatic rings. The molecule has 1 amide bonds. The van der Waals surface area contributed by atoms with Gasteiger partial charge in [0.1, 0.15) is 11.2 Å². The van der Waals surface area contributed by atoms with E-state index in [1.54, 1.807) is 0 Å². The highest BCUT2D eigenvalue weighted by molar-refractivity contribution is 7.17. The molecule has 0 bridgehead atoms. The summed E-state index contributed by atoms with van der Waals surface area (Å²) in [4.78, 5) is 30.9. The predicted molar refractivity (Wildman–Crippen MR) is 88.0 cm³/mol. The van der Waals surface area contributed by atoms with Crippen molar-refractivity contribution in [2.75, 3.05) is 6.54 Å². The molecule has 3 heterocycles. The van der Waals surface area contributed by atoms with E-state index in [1.165, 1.54) is 22.2 Å². The van der Waals surface area contributed by atoms with E-state index >= 15 is 0 Å². The largest absolute Gasteiger partial charge is 0.331 e. The molecule has 116 valence electrons. The van der Waals surface area contributed by atoms with E-state index in [9.17, 15) is 9.59 Å². The van der Waals surface area contributed by atoms with Gasteiger partial charge in [-0.25, -0.2) is 4.98 Å². The Hall–Kier alpha value is -1.95. The molecular formula is C16H19N3O2S. The van der Waals surface area contributed by atoms with Gasteiger partial charge in [0.2, 0.25) is 5.91 Å². The van der Waals surface area contributed by atoms with Gasteiger partial charge in [-0.05, 0) is 17.9 Å². The summed E-state index contributed by atoms with van der Waals surface area (Å²) in [5, 5.41) is 1.84. The fourth-order valence-corrected chi connectivity index (χ4v) is 3.54. The van der Waals surface area contributed by atoms with Crippen LogP contribution in [0.15, 0.2) is 34.7 Å². The summed E-state index contributed by atoms with van der Waals surface area (Å²) in [5.41, 5.74) is 0.563. The number of carbonyl (C=O) groups is 1. The van der Waals surface area contributed by atoms with E-state index in [1.807, 2.05) is 22.4 Å². The van der Waals surface area contributed by atoms with Crippen LogP contribution in [0, 0.1) is 0 Å². The summed E-state index contributed by atoms with van der Waals surface area (Å²) >= 11 is 1.37. The summed E-state index contributed by atoms with van der Waals surface area (Å²) in [6.07, 6.45) is 8.79. The summed E-state index contributed by atoms with van der Waals surface area (Å²) in [5.74, 6) is -0.0223. The Morgan fingerprint density at radius 1 is 1.50 bits per heavy atom. The first-order valence-electron chi connectivity index (χ1n) is 7.59. The number of thiophene rings is 1. The minimum absolute atomic E-state index is 0.0223. The predicted octanol–water partition coefficient (Wildman–Crippen LogP) is 2.42. The van der Waals surface area contributed by atoms with Crippen molar-refractivity contribution in [3.05, 3.63) is 40.3 Å². The lowest BCUT2D eigenvalue weighted by molar-refractivity contribution is -0.132. The summed E-state index contributed by atoms with van der Waals surface area (Å²) in [6, 6.07) is 1.99. The molecule has 3 rings (SSSR count). The minimum Gasteiger partial charge on any atom is -0.331 e. The molecule has 22 heavy (non-hydrogen) atoms. The van der Waals surface area contributed by atoms with Crippen LogP contribution in [-0.4, -0.2) is 32.9 Å². The van der Waals surface area contributed by atoms with Crippen molar-refractivity contribution in [3.8, 4) is 0 Å². The van der Waals surface area contributed by atoms with Crippen LogP contribution in [0.1, 0.15) is 26.2 Å². The Balaban J connectivity index is 1.75. The maximum absolute atomic E-state index is 12.5. The highest BCUT2D eigenvalue weighted by Gasteiger charge is 2.24. The summed E-state index contributed by atoms with van der Waals surface area (Å²) in [6.45, 7) is 2.84. The topological polar surface area (TPSA) is 55.2 Å². The molecular weight excluding hydrogens is 298 g/mol. The van der Waals surface area contributed by atoms with E-state index in [0.29, 0.717) is 16.8 Å². The van der Waals surface area contributed by atoms with Crippen LogP contribution in [0.5, 0.6) is 0 Å². The van der Waals surface area contributed by atoms with Gasteiger partial charge in [0.15, 0.2) is 0 Å². The van der Waals surface area contributed by atoms with Gasteiger partial charge in [0.05, 0.1) is 17.9 Å². The van der Waals surface area contributed by atoms with Crippen molar-refractivity contribution in [2.24, 2.45) is 0 Å². The van der Waals surface area contributed by atoms with Crippen LogP contribution < -0.4 is 5.56 Å². The smallest absolute Gasteiger partial charge is 0.271 e. The SMILES string of the molecule is CCCCC1C=CCN1C(=O)Cn1cnc2ccsc2c1=O. The van der Waals surface area contributed by atoms with Gasteiger partial charge in [-0.1, -0.05) is 31.9 Å². The number of aromatic nitrogens is 2. The van der Waals surface area contributed by atoms with Gasteiger partial charge in [-0.15, -0.1) is 11.3 Å². The van der Waals surface area contributed by atoms with Crippen molar-refractivity contribution in [2.45, 2.75) is 38.8 Å². The molecule has 2 aromatic rings. The van der Waals surface area contributed by atoms with E-state index in [0.717, 1.165) is 19.3 Å². The van der Waals surface area contributed by atoms with Crippen LogP contribution in [0.25, 0.3) is 10.2 Å². The molecule has 1 atom stereocenters. The molecule has 0 fully saturated rings. The molecule has 0 spiro atoms. The van der Waals surface area contributed by atoms with Crippen LogP contribution >= 0.6 is 11.3 Å². The maximum Gasteiger partial charge on any atom is 0.271 e. The lowest BCUT2D eigenvalue weighted by Gasteiger charge is -2.24. The Bertz CT molecular complexity index is 762. The Morgan fingerprint density at radius 2 is 2.36 bits per heavy atom. The Kier molecular flexibility index (Phi) is 4.38. The summed E-state index contributed by atoms with van der Waals surface area (Å²) in [7, 11) is 0. The molecule has 0 N–H and O–H groups in total. The lowest BCUT2D eigenvalue weighted by atomic mass is 10.1. The summed E-state index contributed by atoms with van der Waals surface area (Å²) < 4.78 is 2.02. The molecule has 5 nitrogen and oxygen atoms in total. The molecule has 1 aliphatic heterocycles. The zero-order valence-electron chi connectivity index (χ0n) is 12.6. The number of unbranched alkanes of at least 4 members (excludes halogenated alkanes) is 1. The van der Waals surface area contributed by atoms with Gasteiger partial charge in [-0.3, -0.25) is 14.2 Å². The second-order valence-electron chi connectivity index (χ2n) is 5.50. The minimum atomic E-state index is -0.134. The fourth-order valence-electron chi connectivity index (χ4n) is 2.75. The van der Waals surface area contributed by atoms with Crippen molar-refractivity contribution in [3.63, 3.8) is 0 Å². The van der Waals surface area contributed by atoms with Crippen molar-refractivity contribution < 1.29 is 4.79 Å². The highest BCUT2D eigenvalue weighted by Crippen LogP contribution is 2.17. The Morgan fingerprint density at radius 3 is 3.18 bits per heavy atom. The quantitative estimate of drug-likeness (QED) is 0.796. The number of hydrogen-bond acceptors (Lipinski definition) is 4. The molecule has 0 radical (unpaired) electrons. The second kappa shape index (κ2) is 6.44. The molecule has 0 saturated carbocycles. The average Bonchev–Trinajstić information content (AvgIpc) is 3.16. The van der Waals surface area contributed by atoms with Gasteiger partial charge >= 0.3 is 0 Å².